The maximum absolute atomic E-state index is 11.9. The van der Waals surface area contributed by atoms with E-state index in [4.69, 9.17) is 9.47 Å². The van der Waals surface area contributed by atoms with Crippen LogP contribution in [0.2, 0.25) is 0 Å². The number of carbonyl (C=O) groups is 1. The number of epoxide rings is 1. The van der Waals surface area contributed by atoms with Crippen LogP contribution in [0.1, 0.15) is 193 Å². The molecule has 6 atom stereocenters. The summed E-state index contributed by atoms with van der Waals surface area (Å²) in [4.78, 5) is 11.9. The van der Waals surface area contributed by atoms with Crippen molar-refractivity contribution in [1.82, 2.24) is 0 Å². The highest BCUT2D eigenvalue weighted by molar-refractivity contribution is 5.92. The molecule has 0 aromatic carbocycles. The number of esters is 1. The fourth-order valence-electron chi connectivity index (χ4n) is 9.09. The lowest BCUT2D eigenvalue weighted by Crippen LogP contribution is -2.30. The van der Waals surface area contributed by atoms with E-state index >= 15 is 0 Å². The van der Waals surface area contributed by atoms with E-state index in [0.717, 1.165) is 124 Å². The van der Waals surface area contributed by atoms with Gasteiger partial charge in [0.2, 0.25) is 0 Å². The van der Waals surface area contributed by atoms with Gasteiger partial charge in [0.05, 0.1) is 17.8 Å². The van der Waals surface area contributed by atoms with Crippen LogP contribution in [0, 0.1) is 11.8 Å². The standard InChI is InChI=1S/C20H28O3.C20H32O2.C20H32O/c1-13-6-5-11-20(4)18(23-20)10-8-14(2)12-17-16(9-7-13)15(3)19(21)22-17;1-14(2)18-13-12-16(4)9-6-8-15(3)10-7-11-17(5)19(21)20(18)22;1-15(2)19-13-12-17(4)10-6-8-16(3)9-7-11-18(5)14-20(19)21/h6,12,17-18H,5,7-11H2,1-4H3;8,11-14,19-22H,6-7,9-10H2,1-5H3;8,11-13,15,20-21H,6-7,9-10,14H2,1-5H3/b13-6+,14-12+;15-8+,16-12+,17-11+,18-13-;16-8+,17-12+,18-11+,19-13-/t17-,18-,20-;19-,20-;20-/m010/s1. The second-order valence-electron chi connectivity index (χ2n) is 21.1. The molecule has 0 aromatic rings. The number of aliphatic hydroxyl groups excluding tert-OH is 3. The highest BCUT2D eigenvalue weighted by Crippen LogP contribution is 2.44. The first-order chi connectivity index (χ1) is 31.1. The van der Waals surface area contributed by atoms with Gasteiger partial charge in [0.1, 0.15) is 18.3 Å². The van der Waals surface area contributed by atoms with Crippen molar-refractivity contribution in [3.63, 3.8) is 0 Å². The molecule has 66 heavy (non-hydrogen) atoms. The van der Waals surface area contributed by atoms with Crippen molar-refractivity contribution in [2.45, 2.75) is 229 Å². The second-order valence-corrected chi connectivity index (χ2v) is 21.1. The normalized spacial score (nSPS) is 36.2. The number of hydrogen-bond donors (Lipinski definition) is 3. The molecule has 0 amide bonds. The van der Waals surface area contributed by atoms with Crippen LogP contribution in [-0.2, 0) is 14.3 Å². The Hall–Kier alpha value is -3.55. The minimum Gasteiger partial charge on any atom is -0.450 e. The maximum atomic E-state index is 11.9. The molecular weight excluding hydrogens is 817 g/mol. The highest BCUT2D eigenvalue weighted by Gasteiger charge is 2.50. The van der Waals surface area contributed by atoms with Gasteiger partial charge >= 0.3 is 5.97 Å². The van der Waals surface area contributed by atoms with E-state index in [2.05, 4.69) is 138 Å². The van der Waals surface area contributed by atoms with Crippen LogP contribution in [-0.4, -0.2) is 57.4 Å². The van der Waals surface area contributed by atoms with Crippen LogP contribution in [0.15, 0.2) is 128 Å². The summed E-state index contributed by atoms with van der Waals surface area (Å²) in [6.45, 7) is 29.6. The topological polar surface area (TPSA) is 99.5 Å². The summed E-state index contributed by atoms with van der Waals surface area (Å²) in [5.74, 6) is 0.432. The Labute approximate surface area is 402 Å². The predicted molar refractivity (Wildman–Crippen MR) is 279 cm³/mol. The predicted octanol–water partition coefficient (Wildman–Crippen LogP) is 15.1. The first kappa shape index (κ1) is 56.8. The van der Waals surface area contributed by atoms with Gasteiger partial charge in [-0.2, -0.15) is 0 Å². The summed E-state index contributed by atoms with van der Waals surface area (Å²) in [5.41, 5.74) is 14.4. The Balaban J connectivity index is 0.000000263. The molecule has 1 saturated heterocycles. The monoisotopic (exact) mass is 909 g/mol. The van der Waals surface area contributed by atoms with Crippen molar-refractivity contribution in [3.8, 4) is 0 Å². The Bertz CT molecular complexity index is 1970. The van der Waals surface area contributed by atoms with E-state index in [0.29, 0.717) is 12.0 Å². The van der Waals surface area contributed by atoms with E-state index in [1.165, 1.54) is 39.0 Å². The molecule has 0 saturated carbocycles. The molecule has 6 heteroatoms. The molecule has 3 aliphatic carbocycles. The van der Waals surface area contributed by atoms with E-state index in [9.17, 15) is 20.1 Å². The molecule has 5 aliphatic rings. The quantitative estimate of drug-likeness (QED) is 0.145. The molecular formula is C60H92O6. The number of fused-ring (bicyclic) bond motifs is 2. The van der Waals surface area contributed by atoms with Crippen LogP contribution in [0.25, 0.3) is 0 Å². The first-order valence-electron chi connectivity index (χ1n) is 25.4. The fraction of sp³-hybridized carbons (Fsp3) is 0.617. The van der Waals surface area contributed by atoms with Gasteiger partial charge in [-0.05, 0) is 206 Å². The van der Waals surface area contributed by atoms with Crippen molar-refractivity contribution in [2.75, 3.05) is 0 Å². The third-order valence-electron chi connectivity index (χ3n) is 14.1. The number of ether oxygens (including phenoxy) is 2. The van der Waals surface area contributed by atoms with Crippen LogP contribution >= 0.6 is 0 Å². The third kappa shape index (κ3) is 19.6. The maximum Gasteiger partial charge on any atom is 0.334 e. The number of allylic oxidation sites excluding steroid dienone is 15. The fourth-order valence-corrected chi connectivity index (χ4v) is 9.09. The Morgan fingerprint density at radius 3 is 1.64 bits per heavy atom. The van der Waals surface area contributed by atoms with Gasteiger partial charge in [-0.25, -0.2) is 4.79 Å². The summed E-state index contributed by atoms with van der Waals surface area (Å²) in [6, 6.07) is 0. The zero-order valence-corrected chi connectivity index (χ0v) is 44.0. The van der Waals surface area contributed by atoms with Gasteiger partial charge in [-0.15, -0.1) is 0 Å². The smallest absolute Gasteiger partial charge is 0.334 e. The number of carbonyl (C=O) groups excluding carboxylic acids is 1. The Morgan fingerprint density at radius 1 is 0.561 bits per heavy atom. The molecule has 0 spiro atoms. The van der Waals surface area contributed by atoms with Crippen molar-refractivity contribution in [2.24, 2.45) is 11.8 Å². The molecule has 6 nitrogen and oxygen atoms in total. The molecule has 368 valence electrons. The van der Waals surface area contributed by atoms with E-state index in [1.807, 2.05) is 19.9 Å². The molecule has 3 N–H and O–H groups in total. The minimum absolute atomic E-state index is 0.0721. The van der Waals surface area contributed by atoms with Crippen LogP contribution in [0.4, 0.5) is 0 Å². The Morgan fingerprint density at radius 2 is 1.06 bits per heavy atom. The summed E-state index contributed by atoms with van der Waals surface area (Å²) in [5, 5.41) is 31.4. The molecule has 0 unspecified atom stereocenters. The highest BCUT2D eigenvalue weighted by atomic mass is 16.6. The third-order valence-corrected chi connectivity index (χ3v) is 14.1. The first-order valence-corrected chi connectivity index (χ1v) is 25.4. The summed E-state index contributed by atoms with van der Waals surface area (Å²) in [7, 11) is 0. The summed E-state index contributed by atoms with van der Waals surface area (Å²) >= 11 is 0. The van der Waals surface area contributed by atoms with Crippen molar-refractivity contribution < 1.29 is 29.6 Å². The zero-order valence-electron chi connectivity index (χ0n) is 44.0. The lowest BCUT2D eigenvalue weighted by atomic mass is 9.90. The van der Waals surface area contributed by atoms with Gasteiger partial charge < -0.3 is 24.8 Å². The average molecular weight is 909 g/mol. The minimum atomic E-state index is -0.833. The van der Waals surface area contributed by atoms with E-state index in [-0.39, 0.29) is 29.7 Å². The summed E-state index contributed by atoms with van der Waals surface area (Å²) in [6.07, 6.45) is 35.4. The molecule has 2 aliphatic heterocycles. The number of rotatable bonds is 2. The van der Waals surface area contributed by atoms with Crippen molar-refractivity contribution in [3.05, 3.63) is 128 Å². The lowest BCUT2D eigenvalue weighted by molar-refractivity contribution is -0.138. The molecule has 2 heterocycles. The summed E-state index contributed by atoms with van der Waals surface area (Å²) < 4.78 is 11.5. The van der Waals surface area contributed by atoms with Gasteiger partial charge in [-0.1, -0.05) is 121 Å². The number of hydrogen-bond acceptors (Lipinski definition) is 6. The molecule has 0 aromatic heterocycles. The Kier molecular flexibility index (Phi) is 24.1. The van der Waals surface area contributed by atoms with E-state index < -0.39 is 12.2 Å². The zero-order chi connectivity index (χ0) is 49.1. The van der Waals surface area contributed by atoms with Crippen LogP contribution in [0.3, 0.4) is 0 Å². The molecule has 5 rings (SSSR count). The van der Waals surface area contributed by atoms with Crippen LogP contribution < -0.4 is 0 Å². The largest absolute Gasteiger partial charge is 0.450 e. The van der Waals surface area contributed by atoms with E-state index in [1.54, 1.807) is 0 Å². The van der Waals surface area contributed by atoms with Crippen molar-refractivity contribution >= 4 is 5.97 Å². The molecule has 0 radical (unpaired) electrons. The van der Waals surface area contributed by atoms with Gasteiger partial charge in [-0.3, -0.25) is 0 Å². The number of aliphatic hydroxyl groups is 3. The van der Waals surface area contributed by atoms with Gasteiger partial charge in [0.15, 0.2) is 0 Å². The second kappa shape index (κ2) is 28.1. The van der Waals surface area contributed by atoms with Crippen molar-refractivity contribution in [1.29, 1.82) is 0 Å². The molecule has 0 bridgehead atoms. The lowest BCUT2D eigenvalue weighted by Gasteiger charge is -2.24. The molecule has 1 fully saturated rings. The van der Waals surface area contributed by atoms with Crippen LogP contribution in [0.5, 0.6) is 0 Å². The van der Waals surface area contributed by atoms with Gasteiger partial charge in [0.25, 0.3) is 0 Å². The average Bonchev–Trinajstić information content (AvgIpc) is 3.81. The SMILES string of the molecule is C/C1=C\C=C(\C(C)C)[C@@H](O)C/C(C)=C/CC/C(C)=C/CC1.C/C1=C\C=C(\C(C)C)[C@@H](O)[C@H](O)/C(C)=C/CC/C(C)=C/CC1.CC1=C2CC/C(C)=C/CC[C@]3(C)O[C@H]3CC/C(C)=C/[C@@H]2OC1=O. The van der Waals surface area contributed by atoms with Gasteiger partial charge in [0, 0.05) is 5.57 Å².